The van der Waals surface area contributed by atoms with E-state index in [9.17, 15) is 9.59 Å². The van der Waals surface area contributed by atoms with Crippen molar-refractivity contribution in [2.75, 3.05) is 6.54 Å². The van der Waals surface area contributed by atoms with Gasteiger partial charge in [0.05, 0.1) is 4.91 Å². The van der Waals surface area contributed by atoms with Crippen LogP contribution in [0.3, 0.4) is 0 Å². The molecule has 1 aliphatic rings. The summed E-state index contributed by atoms with van der Waals surface area (Å²) >= 11 is 1.04. The molecule has 0 N–H and O–H groups in total. The van der Waals surface area contributed by atoms with Crippen LogP contribution in [0, 0.1) is 13.8 Å². The van der Waals surface area contributed by atoms with E-state index in [0.717, 1.165) is 36.0 Å². The van der Waals surface area contributed by atoms with Crippen LogP contribution in [0.15, 0.2) is 11.0 Å². The number of hydrogen-bond acceptors (Lipinski definition) is 3. The fraction of sp³-hybridized carbons (Fsp3) is 0.467. The number of aryl methyl sites for hydroxylation is 1. The first-order chi connectivity index (χ1) is 9.49. The first-order valence-corrected chi connectivity index (χ1v) is 7.73. The molecular formula is C15H20N2O2S. The zero-order valence-corrected chi connectivity index (χ0v) is 13.2. The highest BCUT2D eigenvalue weighted by Crippen LogP contribution is 2.33. The lowest BCUT2D eigenvalue weighted by Gasteiger charge is -2.09. The van der Waals surface area contributed by atoms with Crippen molar-refractivity contribution in [1.82, 2.24) is 9.47 Å². The van der Waals surface area contributed by atoms with Crippen LogP contribution in [0.1, 0.15) is 37.2 Å². The lowest BCUT2D eigenvalue weighted by molar-refractivity contribution is -0.122. The third-order valence-electron chi connectivity index (χ3n) is 3.54. The van der Waals surface area contributed by atoms with Gasteiger partial charge in [-0.25, -0.2) is 0 Å². The van der Waals surface area contributed by atoms with E-state index in [1.54, 1.807) is 0 Å². The van der Waals surface area contributed by atoms with Gasteiger partial charge in [0, 0.05) is 24.5 Å². The minimum absolute atomic E-state index is 0.160. The number of nitrogens with zero attached hydrogens (tertiary/aromatic N) is 2. The smallest absolute Gasteiger partial charge is 0.293 e. The summed E-state index contributed by atoms with van der Waals surface area (Å²) < 4.78 is 2.20. The van der Waals surface area contributed by atoms with E-state index in [2.05, 4.69) is 24.5 Å². The van der Waals surface area contributed by atoms with Gasteiger partial charge in [-0.2, -0.15) is 0 Å². The van der Waals surface area contributed by atoms with Crippen molar-refractivity contribution < 1.29 is 9.59 Å². The van der Waals surface area contributed by atoms with Crippen LogP contribution in [-0.2, 0) is 11.3 Å². The van der Waals surface area contributed by atoms with Crippen LogP contribution >= 0.6 is 11.8 Å². The predicted octanol–water partition coefficient (Wildman–Crippen LogP) is 3.57. The Hall–Kier alpha value is -1.49. The Morgan fingerprint density at radius 2 is 1.95 bits per heavy atom. The van der Waals surface area contributed by atoms with E-state index in [-0.39, 0.29) is 11.1 Å². The van der Waals surface area contributed by atoms with Crippen molar-refractivity contribution in [3.63, 3.8) is 0 Å². The third-order valence-corrected chi connectivity index (χ3v) is 4.44. The molecule has 1 saturated heterocycles. The van der Waals surface area contributed by atoms with E-state index >= 15 is 0 Å². The zero-order chi connectivity index (χ0) is 14.9. The average molecular weight is 292 g/mol. The van der Waals surface area contributed by atoms with Crippen molar-refractivity contribution in [3.8, 4) is 0 Å². The Balaban J connectivity index is 2.33. The van der Waals surface area contributed by atoms with Crippen LogP contribution in [0.25, 0.3) is 6.08 Å². The van der Waals surface area contributed by atoms with Gasteiger partial charge in [0.2, 0.25) is 0 Å². The molecule has 0 atom stereocenters. The molecule has 2 amide bonds. The molecule has 0 bridgehead atoms. The number of carbonyl (C=O) groups excluding carboxylic acids is 2. The molecule has 1 aromatic rings. The zero-order valence-electron chi connectivity index (χ0n) is 12.4. The molecule has 0 unspecified atom stereocenters. The lowest BCUT2D eigenvalue weighted by Crippen LogP contribution is -2.28. The summed E-state index contributed by atoms with van der Waals surface area (Å²) in [6.45, 7) is 9.55. The standard InChI is InChI=1S/C15H20N2O2S/c1-5-7-17-14(18)13(20-15(17)19)9-12-8-10(3)16(6-2)11(12)4/h8-9H,5-7H2,1-4H3/b13-9-. The van der Waals surface area contributed by atoms with E-state index in [4.69, 9.17) is 0 Å². The fourth-order valence-electron chi connectivity index (χ4n) is 2.52. The van der Waals surface area contributed by atoms with Gasteiger partial charge in [-0.3, -0.25) is 14.5 Å². The molecule has 1 aromatic heterocycles. The first-order valence-electron chi connectivity index (χ1n) is 6.91. The number of aromatic nitrogens is 1. The highest BCUT2D eigenvalue weighted by Gasteiger charge is 2.34. The maximum atomic E-state index is 12.2. The van der Waals surface area contributed by atoms with E-state index < -0.39 is 0 Å². The summed E-state index contributed by atoms with van der Waals surface area (Å²) in [4.78, 5) is 25.9. The second-order valence-corrected chi connectivity index (χ2v) is 5.90. The highest BCUT2D eigenvalue weighted by atomic mass is 32.2. The maximum absolute atomic E-state index is 12.2. The first kappa shape index (κ1) is 14.9. The molecule has 5 heteroatoms. The van der Waals surface area contributed by atoms with Gasteiger partial charge < -0.3 is 4.57 Å². The monoisotopic (exact) mass is 292 g/mol. The average Bonchev–Trinajstić information content (AvgIpc) is 2.82. The molecule has 0 saturated carbocycles. The van der Waals surface area contributed by atoms with Crippen molar-refractivity contribution in [3.05, 3.63) is 27.9 Å². The van der Waals surface area contributed by atoms with Gasteiger partial charge in [-0.05, 0) is 56.7 Å². The molecule has 0 radical (unpaired) electrons. The van der Waals surface area contributed by atoms with E-state index in [0.29, 0.717) is 11.4 Å². The van der Waals surface area contributed by atoms with Gasteiger partial charge in [-0.1, -0.05) is 6.92 Å². The second-order valence-electron chi connectivity index (χ2n) is 4.90. The summed E-state index contributed by atoms with van der Waals surface area (Å²) in [6, 6.07) is 2.06. The predicted molar refractivity (Wildman–Crippen MR) is 82.5 cm³/mol. The molecule has 2 heterocycles. The minimum atomic E-state index is -0.164. The SMILES string of the molecule is CCCN1C(=O)S/C(=C\c2cc(C)n(CC)c2C)C1=O. The Morgan fingerprint density at radius 3 is 2.50 bits per heavy atom. The van der Waals surface area contributed by atoms with Crippen LogP contribution in [0.2, 0.25) is 0 Å². The van der Waals surface area contributed by atoms with Crippen molar-refractivity contribution in [1.29, 1.82) is 0 Å². The van der Waals surface area contributed by atoms with Crippen molar-refractivity contribution in [2.24, 2.45) is 0 Å². The summed E-state index contributed by atoms with van der Waals surface area (Å²) in [6.07, 6.45) is 2.63. The van der Waals surface area contributed by atoms with Gasteiger partial charge in [0.1, 0.15) is 0 Å². The normalized spacial score (nSPS) is 17.6. The van der Waals surface area contributed by atoms with Gasteiger partial charge >= 0.3 is 0 Å². The molecule has 0 aliphatic carbocycles. The largest absolute Gasteiger partial charge is 0.349 e. The number of rotatable bonds is 4. The Kier molecular flexibility index (Phi) is 4.38. The number of amides is 2. The molecule has 2 rings (SSSR count). The summed E-state index contributed by atoms with van der Waals surface area (Å²) in [5, 5.41) is -0.160. The van der Waals surface area contributed by atoms with Crippen LogP contribution < -0.4 is 0 Å². The van der Waals surface area contributed by atoms with Crippen LogP contribution in [0.4, 0.5) is 4.79 Å². The summed E-state index contributed by atoms with van der Waals surface area (Å²) in [5.74, 6) is -0.164. The molecule has 20 heavy (non-hydrogen) atoms. The van der Waals surface area contributed by atoms with E-state index in [1.165, 1.54) is 10.6 Å². The molecule has 0 spiro atoms. The topological polar surface area (TPSA) is 42.3 Å². The van der Waals surface area contributed by atoms with Gasteiger partial charge in [0.15, 0.2) is 0 Å². The van der Waals surface area contributed by atoms with E-state index in [1.807, 2.05) is 19.9 Å². The molecule has 4 nitrogen and oxygen atoms in total. The molecule has 1 fully saturated rings. The van der Waals surface area contributed by atoms with Gasteiger partial charge in [-0.15, -0.1) is 0 Å². The summed E-state index contributed by atoms with van der Waals surface area (Å²) in [5.41, 5.74) is 3.32. The molecule has 1 aliphatic heterocycles. The van der Waals surface area contributed by atoms with Crippen LogP contribution in [-0.4, -0.2) is 27.2 Å². The maximum Gasteiger partial charge on any atom is 0.293 e. The van der Waals surface area contributed by atoms with Crippen LogP contribution in [0.5, 0.6) is 0 Å². The van der Waals surface area contributed by atoms with Crippen molar-refractivity contribution in [2.45, 2.75) is 40.7 Å². The number of carbonyl (C=O) groups is 2. The Labute approximate surface area is 123 Å². The third kappa shape index (κ3) is 2.54. The van der Waals surface area contributed by atoms with Gasteiger partial charge in [0.25, 0.3) is 11.1 Å². The number of imide groups is 1. The number of thioether (sulfide) groups is 1. The highest BCUT2D eigenvalue weighted by molar-refractivity contribution is 8.18. The van der Waals surface area contributed by atoms with Crippen molar-refractivity contribution >= 4 is 29.0 Å². The number of hydrogen-bond donors (Lipinski definition) is 0. The molecular weight excluding hydrogens is 272 g/mol. The summed E-state index contributed by atoms with van der Waals surface area (Å²) in [7, 11) is 0. The minimum Gasteiger partial charge on any atom is -0.349 e. The second kappa shape index (κ2) is 5.87. The molecule has 108 valence electrons. The lowest BCUT2D eigenvalue weighted by atomic mass is 10.2. The molecule has 0 aromatic carbocycles. The quantitative estimate of drug-likeness (QED) is 0.797. The fourth-order valence-corrected chi connectivity index (χ4v) is 3.37. The Morgan fingerprint density at radius 1 is 1.25 bits per heavy atom. The Bertz CT molecular complexity index is 587.